The monoisotopic (exact) mass is 249 g/mol. The minimum atomic E-state index is -0.664. The summed E-state index contributed by atoms with van der Waals surface area (Å²) >= 11 is 0. The smallest absolute Gasteiger partial charge is 0.171 e. The van der Waals surface area contributed by atoms with Crippen LogP contribution >= 0.6 is 0 Å². The zero-order valence-corrected chi connectivity index (χ0v) is 10.4. The van der Waals surface area contributed by atoms with Gasteiger partial charge in [-0.2, -0.15) is 0 Å². The van der Waals surface area contributed by atoms with E-state index in [0.717, 1.165) is 24.7 Å². The van der Waals surface area contributed by atoms with Crippen molar-refractivity contribution in [2.75, 3.05) is 18.5 Å². The van der Waals surface area contributed by atoms with Gasteiger partial charge in [0.05, 0.1) is 5.69 Å². The molecule has 3 N–H and O–H groups in total. The Morgan fingerprint density at radius 2 is 2.33 bits per heavy atom. The van der Waals surface area contributed by atoms with E-state index in [4.69, 9.17) is 4.74 Å². The number of aromatic nitrogens is 1. The van der Waals surface area contributed by atoms with Crippen LogP contribution in [0.25, 0.3) is 0 Å². The molecule has 0 amide bonds. The van der Waals surface area contributed by atoms with E-state index in [0.29, 0.717) is 11.6 Å². The number of anilines is 1. The minimum Gasteiger partial charge on any atom is -0.485 e. The molecule has 1 fully saturated rings. The zero-order chi connectivity index (χ0) is 12.4. The van der Waals surface area contributed by atoms with Gasteiger partial charge in [-0.3, -0.25) is 0 Å². The molecule has 5 nitrogen and oxygen atoms in total. The summed E-state index contributed by atoms with van der Waals surface area (Å²) in [7, 11) is 0. The van der Waals surface area contributed by atoms with Gasteiger partial charge in [-0.1, -0.05) is 6.42 Å². The summed E-state index contributed by atoms with van der Waals surface area (Å²) < 4.78 is 5.36. The van der Waals surface area contributed by atoms with Crippen LogP contribution < -0.4 is 15.4 Å². The van der Waals surface area contributed by atoms with Crippen molar-refractivity contribution >= 4 is 5.82 Å². The average molecular weight is 249 g/mol. The maximum Gasteiger partial charge on any atom is 0.171 e. The van der Waals surface area contributed by atoms with Crippen molar-refractivity contribution in [3.63, 3.8) is 0 Å². The molecule has 0 spiro atoms. The molecule has 0 aromatic carbocycles. The summed E-state index contributed by atoms with van der Waals surface area (Å²) in [6.45, 7) is 2.11. The van der Waals surface area contributed by atoms with E-state index in [1.807, 2.05) is 12.1 Å². The van der Waals surface area contributed by atoms with Gasteiger partial charge in [-0.15, -0.1) is 0 Å². The Kier molecular flexibility index (Phi) is 3.34. The van der Waals surface area contributed by atoms with Crippen molar-refractivity contribution in [1.82, 2.24) is 10.3 Å². The van der Waals surface area contributed by atoms with E-state index in [-0.39, 0.29) is 6.61 Å². The number of aliphatic hydroxyl groups excluding tert-OH is 1. The molecule has 5 heteroatoms. The third-order valence-corrected chi connectivity index (χ3v) is 3.58. The highest BCUT2D eigenvalue weighted by Gasteiger charge is 2.18. The quantitative estimate of drug-likeness (QED) is 0.745. The molecule has 1 atom stereocenters. The molecule has 98 valence electrons. The highest BCUT2D eigenvalue weighted by Crippen LogP contribution is 2.27. The Bertz CT molecular complexity index is 421. The summed E-state index contributed by atoms with van der Waals surface area (Å²) in [6, 6.07) is 3.87. The Morgan fingerprint density at radius 3 is 3.11 bits per heavy atom. The summed E-state index contributed by atoms with van der Waals surface area (Å²) in [5.74, 6) is 2.20. The highest BCUT2D eigenvalue weighted by molar-refractivity contribution is 5.52. The number of ether oxygens (including phenoxy) is 1. The largest absolute Gasteiger partial charge is 0.485 e. The number of hydrogen-bond acceptors (Lipinski definition) is 5. The second kappa shape index (κ2) is 5.12. The van der Waals surface area contributed by atoms with Gasteiger partial charge in [0.2, 0.25) is 0 Å². The first-order chi connectivity index (χ1) is 8.81. The predicted octanol–water partition coefficient (Wildman–Crippen LogP) is 1.09. The van der Waals surface area contributed by atoms with E-state index in [9.17, 15) is 5.11 Å². The van der Waals surface area contributed by atoms with E-state index in [1.54, 1.807) is 0 Å². The van der Waals surface area contributed by atoms with Crippen molar-refractivity contribution in [2.24, 2.45) is 5.92 Å². The number of aliphatic hydroxyl groups is 1. The fourth-order valence-corrected chi connectivity index (χ4v) is 2.27. The van der Waals surface area contributed by atoms with Crippen LogP contribution in [0.5, 0.6) is 5.75 Å². The van der Waals surface area contributed by atoms with Crippen LogP contribution in [0.4, 0.5) is 5.82 Å². The van der Waals surface area contributed by atoms with Gasteiger partial charge in [0.15, 0.2) is 17.8 Å². The normalized spacial score (nSPS) is 22.6. The van der Waals surface area contributed by atoms with Gasteiger partial charge in [0.25, 0.3) is 0 Å². The summed E-state index contributed by atoms with van der Waals surface area (Å²) in [6.07, 6.45) is 3.42. The first-order valence-corrected chi connectivity index (χ1v) is 6.59. The van der Waals surface area contributed by atoms with Crippen LogP contribution in [-0.4, -0.2) is 29.5 Å². The molecule has 1 aromatic heterocycles. The number of rotatable bonds is 4. The second-order valence-corrected chi connectivity index (χ2v) is 5.05. The van der Waals surface area contributed by atoms with E-state index >= 15 is 0 Å². The van der Waals surface area contributed by atoms with Crippen LogP contribution in [-0.2, 0) is 6.54 Å². The van der Waals surface area contributed by atoms with Gasteiger partial charge in [0, 0.05) is 6.54 Å². The second-order valence-electron chi connectivity index (χ2n) is 5.05. The summed E-state index contributed by atoms with van der Waals surface area (Å²) in [5, 5.41) is 15.8. The lowest BCUT2D eigenvalue weighted by atomic mass is 9.85. The maximum absolute atomic E-state index is 9.44. The Morgan fingerprint density at radius 1 is 1.44 bits per heavy atom. The van der Waals surface area contributed by atoms with Crippen LogP contribution in [0.15, 0.2) is 12.1 Å². The molecule has 1 aromatic rings. The van der Waals surface area contributed by atoms with Gasteiger partial charge in [-0.05, 0) is 37.4 Å². The molecule has 1 aliphatic heterocycles. The SMILES string of the molecule is OC1COc2ccc(CNCC3CCC3)nc2N1. The van der Waals surface area contributed by atoms with Crippen LogP contribution in [0, 0.1) is 5.92 Å². The van der Waals surface area contributed by atoms with Crippen molar-refractivity contribution < 1.29 is 9.84 Å². The van der Waals surface area contributed by atoms with Gasteiger partial charge >= 0.3 is 0 Å². The predicted molar refractivity (Wildman–Crippen MR) is 68.4 cm³/mol. The van der Waals surface area contributed by atoms with Gasteiger partial charge < -0.3 is 20.5 Å². The van der Waals surface area contributed by atoms with E-state index in [1.165, 1.54) is 19.3 Å². The van der Waals surface area contributed by atoms with Crippen molar-refractivity contribution in [3.05, 3.63) is 17.8 Å². The molecule has 2 heterocycles. The molecular formula is C13H19N3O2. The molecule has 18 heavy (non-hydrogen) atoms. The fraction of sp³-hybridized carbons (Fsp3) is 0.615. The maximum atomic E-state index is 9.44. The van der Waals surface area contributed by atoms with E-state index in [2.05, 4.69) is 15.6 Å². The molecule has 0 saturated heterocycles. The summed E-state index contributed by atoms with van der Waals surface area (Å²) in [5.41, 5.74) is 0.971. The average Bonchev–Trinajstić information content (AvgIpc) is 2.32. The number of hydrogen-bond donors (Lipinski definition) is 3. The fourth-order valence-electron chi connectivity index (χ4n) is 2.27. The van der Waals surface area contributed by atoms with Crippen LogP contribution in [0.1, 0.15) is 25.0 Å². The lowest BCUT2D eigenvalue weighted by molar-refractivity contribution is 0.118. The highest BCUT2D eigenvalue weighted by atomic mass is 16.5. The van der Waals surface area contributed by atoms with Crippen LogP contribution in [0.2, 0.25) is 0 Å². The van der Waals surface area contributed by atoms with Crippen molar-refractivity contribution in [1.29, 1.82) is 0 Å². The number of pyridine rings is 1. The Hall–Kier alpha value is -1.33. The number of fused-ring (bicyclic) bond motifs is 1. The lowest BCUT2D eigenvalue weighted by Gasteiger charge is -2.26. The standard InChI is InChI=1S/C13H19N3O2/c17-12-8-18-11-5-4-10(15-13(11)16-12)7-14-6-9-2-1-3-9/h4-5,9,12,14,17H,1-3,6-8H2,(H,15,16). The van der Waals surface area contributed by atoms with Crippen molar-refractivity contribution in [2.45, 2.75) is 32.0 Å². The Labute approximate surface area is 107 Å². The third-order valence-electron chi connectivity index (χ3n) is 3.58. The first kappa shape index (κ1) is 11.7. The summed E-state index contributed by atoms with van der Waals surface area (Å²) in [4.78, 5) is 4.45. The molecule has 0 radical (unpaired) electrons. The van der Waals surface area contributed by atoms with Gasteiger partial charge in [-0.25, -0.2) is 4.98 Å². The third kappa shape index (κ3) is 2.57. The minimum absolute atomic E-state index is 0.272. The van der Waals surface area contributed by atoms with E-state index < -0.39 is 6.23 Å². The van der Waals surface area contributed by atoms with Gasteiger partial charge in [0.1, 0.15) is 6.61 Å². The molecule has 2 aliphatic rings. The topological polar surface area (TPSA) is 66.4 Å². The number of nitrogens with one attached hydrogen (secondary N) is 2. The first-order valence-electron chi connectivity index (χ1n) is 6.59. The molecule has 1 saturated carbocycles. The number of nitrogens with zero attached hydrogens (tertiary/aromatic N) is 1. The molecular weight excluding hydrogens is 230 g/mol. The Balaban J connectivity index is 1.57. The van der Waals surface area contributed by atoms with Crippen molar-refractivity contribution in [3.8, 4) is 5.75 Å². The molecule has 1 unspecified atom stereocenters. The lowest BCUT2D eigenvalue weighted by Crippen LogP contribution is -2.32. The molecule has 0 bridgehead atoms. The molecule has 3 rings (SSSR count). The van der Waals surface area contributed by atoms with Crippen LogP contribution in [0.3, 0.4) is 0 Å². The zero-order valence-electron chi connectivity index (χ0n) is 10.4. The molecule has 1 aliphatic carbocycles.